The van der Waals surface area contributed by atoms with Gasteiger partial charge >= 0.3 is 8.56 Å². The molecule has 0 aromatic rings. The molecule has 0 fully saturated rings. The van der Waals surface area contributed by atoms with Crippen LogP contribution in [0.2, 0.25) is 12.1 Å². The maximum absolute atomic E-state index is 5.87. The molecule has 0 spiro atoms. The Kier molecular flexibility index (Phi) is 8.27. The van der Waals surface area contributed by atoms with Gasteiger partial charge in [-0.25, -0.2) is 0 Å². The minimum absolute atomic E-state index is 0.508. The van der Waals surface area contributed by atoms with E-state index in [0.29, 0.717) is 5.54 Å². The molecule has 15 heavy (non-hydrogen) atoms. The molecule has 1 unspecified atom stereocenters. The fourth-order valence-electron chi connectivity index (χ4n) is 1.95. The van der Waals surface area contributed by atoms with Crippen LogP contribution in [-0.2, 0) is 8.85 Å². The van der Waals surface area contributed by atoms with E-state index in [-0.39, 0.29) is 0 Å². The largest absolute Gasteiger partial charge is 0.394 e. The average Bonchev–Trinajstić information content (AvgIpc) is 2.19. The molecule has 3 N–H and O–H groups in total. The zero-order valence-electron chi connectivity index (χ0n) is 10.5. The first-order valence-electron chi connectivity index (χ1n) is 5.85. The Labute approximate surface area is 94.7 Å². The molecule has 0 aliphatic carbocycles. The normalized spacial score (nSPS) is 14.2. The van der Waals surface area contributed by atoms with E-state index in [9.17, 15) is 0 Å². The first-order valence-corrected chi connectivity index (χ1v) is 8.25. The maximum Gasteiger partial charge on any atom is 0.338 e. The molecule has 0 aromatic carbocycles. The highest BCUT2D eigenvalue weighted by Gasteiger charge is 2.39. The van der Waals surface area contributed by atoms with E-state index in [1.807, 2.05) is 13.8 Å². The summed E-state index contributed by atoms with van der Waals surface area (Å²) in [5, 5.41) is 0. The van der Waals surface area contributed by atoms with Crippen molar-refractivity contribution in [1.82, 2.24) is 5.43 Å². The van der Waals surface area contributed by atoms with Crippen molar-refractivity contribution in [2.24, 2.45) is 5.84 Å². The number of nitrogens with one attached hydrogen (secondary N) is 1. The van der Waals surface area contributed by atoms with Gasteiger partial charge in [-0.2, -0.15) is 0 Å². The smallest absolute Gasteiger partial charge is 0.338 e. The van der Waals surface area contributed by atoms with Crippen LogP contribution in [0.1, 0.15) is 33.6 Å². The molecule has 4 nitrogen and oxygen atoms in total. The first kappa shape index (κ1) is 15.1. The highest BCUT2D eigenvalue weighted by molar-refractivity contribution is 6.67. The minimum Gasteiger partial charge on any atom is -0.394 e. The van der Waals surface area contributed by atoms with Gasteiger partial charge in [0.2, 0.25) is 0 Å². The van der Waals surface area contributed by atoms with Gasteiger partial charge in [-0.1, -0.05) is 13.3 Å². The fourth-order valence-corrected chi connectivity index (χ4v) is 5.06. The summed E-state index contributed by atoms with van der Waals surface area (Å²) in [6.45, 7) is 10.7. The van der Waals surface area contributed by atoms with Crippen molar-refractivity contribution in [2.75, 3.05) is 19.8 Å². The summed E-state index contributed by atoms with van der Waals surface area (Å²) in [6.07, 6.45) is 2.11. The van der Waals surface area contributed by atoms with Crippen molar-refractivity contribution >= 4 is 8.56 Å². The van der Waals surface area contributed by atoms with Crippen LogP contribution >= 0.6 is 0 Å². The molecule has 0 amide bonds. The molecular formula is C10H26N2O2Si. The van der Waals surface area contributed by atoms with Gasteiger partial charge in [0.05, 0.1) is 0 Å². The van der Waals surface area contributed by atoms with E-state index in [1.54, 1.807) is 0 Å². The van der Waals surface area contributed by atoms with Gasteiger partial charge < -0.3 is 8.85 Å². The summed E-state index contributed by atoms with van der Waals surface area (Å²) in [6, 6.07) is 0. The van der Waals surface area contributed by atoms with Gasteiger partial charge in [-0.05, 0) is 26.8 Å². The molecule has 0 aliphatic rings. The van der Waals surface area contributed by atoms with Gasteiger partial charge in [0.15, 0.2) is 0 Å². The number of hydrogen-bond acceptors (Lipinski definition) is 4. The lowest BCUT2D eigenvalue weighted by Gasteiger charge is -2.33. The van der Waals surface area contributed by atoms with Crippen molar-refractivity contribution in [3.8, 4) is 0 Å². The summed E-state index contributed by atoms with van der Waals surface area (Å²) in [4.78, 5) is 0. The van der Waals surface area contributed by atoms with E-state index in [0.717, 1.165) is 32.6 Å². The van der Waals surface area contributed by atoms with Gasteiger partial charge in [-0.3, -0.25) is 11.3 Å². The Morgan fingerprint density at radius 2 is 1.73 bits per heavy atom. The van der Waals surface area contributed by atoms with E-state index in [2.05, 4.69) is 18.9 Å². The zero-order chi connectivity index (χ0) is 11.7. The lowest BCUT2D eigenvalue weighted by molar-refractivity contribution is 0.175. The van der Waals surface area contributed by atoms with E-state index in [1.165, 1.54) is 0 Å². The molecule has 0 saturated carbocycles. The molecule has 0 aliphatic heterocycles. The predicted molar refractivity (Wildman–Crippen MR) is 65.7 cm³/mol. The lowest BCUT2D eigenvalue weighted by atomic mass is 10.2. The monoisotopic (exact) mass is 234 g/mol. The van der Waals surface area contributed by atoms with E-state index < -0.39 is 8.56 Å². The van der Waals surface area contributed by atoms with Crippen LogP contribution in [0.25, 0.3) is 0 Å². The molecule has 0 bridgehead atoms. The molecule has 0 radical (unpaired) electrons. The maximum atomic E-state index is 5.87. The second kappa shape index (κ2) is 8.24. The highest BCUT2D eigenvalue weighted by Crippen LogP contribution is 2.30. The Balaban J connectivity index is 4.37. The first-order chi connectivity index (χ1) is 7.14. The second-order valence-electron chi connectivity index (χ2n) is 3.73. The molecule has 92 valence electrons. The molecule has 0 rings (SSSR count). The SMILES string of the molecule is CCO[Si](C)(OCC)C(CC)CCNN. The average molecular weight is 234 g/mol. The minimum atomic E-state index is -2.01. The number of nitrogens with two attached hydrogens (primary N) is 1. The Morgan fingerprint density at radius 3 is 2.07 bits per heavy atom. The van der Waals surface area contributed by atoms with Crippen molar-refractivity contribution in [2.45, 2.75) is 45.7 Å². The van der Waals surface area contributed by atoms with E-state index in [4.69, 9.17) is 14.7 Å². The van der Waals surface area contributed by atoms with Crippen molar-refractivity contribution in [3.05, 3.63) is 0 Å². The lowest BCUT2D eigenvalue weighted by Crippen LogP contribution is -2.45. The van der Waals surface area contributed by atoms with Gasteiger partial charge in [0, 0.05) is 25.3 Å². The quantitative estimate of drug-likeness (QED) is 0.363. The zero-order valence-corrected chi connectivity index (χ0v) is 11.5. The summed E-state index contributed by atoms with van der Waals surface area (Å²) >= 11 is 0. The fraction of sp³-hybridized carbons (Fsp3) is 1.00. The molecule has 0 heterocycles. The van der Waals surface area contributed by atoms with Crippen LogP contribution in [-0.4, -0.2) is 28.3 Å². The molecule has 0 aromatic heterocycles. The topological polar surface area (TPSA) is 56.5 Å². The number of hydrazine groups is 1. The van der Waals surface area contributed by atoms with Crippen LogP contribution in [0, 0.1) is 0 Å². The van der Waals surface area contributed by atoms with Crippen LogP contribution in [0.5, 0.6) is 0 Å². The van der Waals surface area contributed by atoms with Gasteiger partial charge in [-0.15, -0.1) is 0 Å². The Bertz CT molecular complexity index is 152. The summed E-state index contributed by atoms with van der Waals surface area (Å²) in [5.74, 6) is 5.31. The number of hydrogen-bond donors (Lipinski definition) is 2. The van der Waals surface area contributed by atoms with Crippen LogP contribution in [0.3, 0.4) is 0 Å². The van der Waals surface area contributed by atoms with E-state index >= 15 is 0 Å². The highest BCUT2D eigenvalue weighted by atomic mass is 28.4. The Hall–Kier alpha value is 0.0569. The van der Waals surface area contributed by atoms with Crippen LogP contribution in [0.15, 0.2) is 0 Å². The van der Waals surface area contributed by atoms with Crippen molar-refractivity contribution in [1.29, 1.82) is 0 Å². The van der Waals surface area contributed by atoms with Crippen LogP contribution in [0.4, 0.5) is 0 Å². The van der Waals surface area contributed by atoms with Crippen molar-refractivity contribution in [3.63, 3.8) is 0 Å². The molecule has 1 atom stereocenters. The molecule has 0 saturated heterocycles. The predicted octanol–water partition coefficient (Wildman–Crippen LogP) is 1.76. The van der Waals surface area contributed by atoms with Gasteiger partial charge in [0.25, 0.3) is 0 Å². The summed E-state index contributed by atoms with van der Waals surface area (Å²) < 4.78 is 11.7. The number of rotatable bonds is 9. The third-order valence-electron chi connectivity index (χ3n) is 2.73. The van der Waals surface area contributed by atoms with Crippen molar-refractivity contribution < 1.29 is 8.85 Å². The third kappa shape index (κ3) is 5.08. The summed E-state index contributed by atoms with van der Waals surface area (Å²) in [7, 11) is -2.01. The summed E-state index contributed by atoms with van der Waals surface area (Å²) in [5.41, 5.74) is 3.21. The second-order valence-corrected chi connectivity index (χ2v) is 7.16. The standard InChI is InChI=1S/C10H26N2O2Si/c1-5-10(8-9-12-11)15(4,13-6-2)14-7-3/h10,12H,5-9,11H2,1-4H3. The van der Waals surface area contributed by atoms with Crippen LogP contribution < -0.4 is 11.3 Å². The van der Waals surface area contributed by atoms with Gasteiger partial charge in [0.1, 0.15) is 0 Å². The molecule has 5 heteroatoms. The molecular weight excluding hydrogens is 208 g/mol. The Morgan fingerprint density at radius 1 is 1.20 bits per heavy atom. The third-order valence-corrected chi connectivity index (χ3v) is 6.64.